The van der Waals surface area contributed by atoms with Crippen LogP contribution in [0.3, 0.4) is 0 Å². The summed E-state index contributed by atoms with van der Waals surface area (Å²) < 4.78 is 5.10. The fourth-order valence-electron chi connectivity index (χ4n) is 3.04. The van der Waals surface area contributed by atoms with Crippen molar-refractivity contribution in [3.8, 4) is 5.75 Å². The number of benzene rings is 2. The van der Waals surface area contributed by atoms with E-state index in [1.807, 2.05) is 6.26 Å². The summed E-state index contributed by atoms with van der Waals surface area (Å²) in [7, 11) is 1.55. The van der Waals surface area contributed by atoms with E-state index in [1.54, 1.807) is 31.4 Å². The number of fused-ring (bicyclic) bond motifs is 1. The SMILES string of the molecule is COc1ccc(NC(=O)C(CCSC)N2C(=O)c3cc(Cl)c(Cl)cc3C2=O)cc1. The first kappa shape index (κ1) is 21.5. The third-order valence-electron chi connectivity index (χ3n) is 4.53. The Kier molecular flexibility index (Phi) is 6.72. The van der Waals surface area contributed by atoms with Crippen LogP contribution >= 0.6 is 35.0 Å². The molecule has 0 fully saturated rings. The number of ether oxygens (including phenoxy) is 1. The Hall–Kier alpha value is -2.22. The molecule has 0 saturated heterocycles. The van der Waals surface area contributed by atoms with Gasteiger partial charge in [-0.2, -0.15) is 11.8 Å². The lowest BCUT2D eigenvalue weighted by Crippen LogP contribution is -2.47. The van der Waals surface area contributed by atoms with E-state index in [4.69, 9.17) is 27.9 Å². The van der Waals surface area contributed by atoms with E-state index in [1.165, 1.54) is 23.9 Å². The molecule has 1 N–H and O–H groups in total. The van der Waals surface area contributed by atoms with Gasteiger partial charge in [0.2, 0.25) is 5.91 Å². The van der Waals surface area contributed by atoms with Gasteiger partial charge in [0.05, 0.1) is 28.3 Å². The number of methoxy groups -OCH3 is 1. The predicted octanol–water partition coefficient (Wildman–Crippen LogP) is 4.36. The van der Waals surface area contributed by atoms with Crippen LogP contribution in [-0.2, 0) is 4.79 Å². The highest BCUT2D eigenvalue weighted by Crippen LogP contribution is 2.33. The molecule has 2 aromatic carbocycles. The van der Waals surface area contributed by atoms with E-state index in [2.05, 4.69) is 5.32 Å². The van der Waals surface area contributed by atoms with E-state index in [9.17, 15) is 14.4 Å². The second-order valence-corrected chi connectivity index (χ2v) is 8.11. The molecule has 0 aliphatic carbocycles. The molecule has 0 spiro atoms. The first-order valence-corrected chi connectivity index (χ1v) is 10.8. The average Bonchev–Trinajstić information content (AvgIpc) is 2.94. The minimum Gasteiger partial charge on any atom is -0.497 e. The molecule has 3 amide bonds. The molecule has 2 aromatic rings. The molecule has 0 saturated carbocycles. The van der Waals surface area contributed by atoms with Gasteiger partial charge in [-0.05, 0) is 54.8 Å². The molecule has 1 aliphatic heterocycles. The van der Waals surface area contributed by atoms with Crippen molar-refractivity contribution in [1.82, 2.24) is 4.90 Å². The van der Waals surface area contributed by atoms with Gasteiger partial charge in [0.25, 0.3) is 11.8 Å². The molecule has 152 valence electrons. The standard InChI is InChI=1S/C20H18Cl2N2O4S/c1-28-12-5-3-11(4-6-12)23-18(25)17(7-8-29-2)24-19(26)13-9-15(21)16(22)10-14(13)20(24)27/h3-6,9-10,17H,7-8H2,1-2H3,(H,23,25). The normalized spacial score (nSPS) is 14.0. The fraction of sp³-hybridized carbons (Fsp3) is 0.250. The van der Waals surface area contributed by atoms with Gasteiger partial charge in [-0.25, -0.2) is 0 Å². The summed E-state index contributed by atoms with van der Waals surface area (Å²) in [4.78, 5) is 39.8. The molecule has 1 atom stereocenters. The second-order valence-electron chi connectivity index (χ2n) is 6.31. The second kappa shape index (κ2) is 9.07. The van der Waals surface area contributed by atoms with Crippen LogP contribution in [0.15, 0.2) is 36.4 Å². The van der Waals surface area contributed by atoms with Crippen LogP contribution in [-0.4, -0.2) is 47.8 Å². The number of carbonyl (C=O) groups excluding carboxylic acids is 3. The number of halogens is 2. The Morgan fingerprint density at radius 3 is 2.14 bits per heavy atom. The lowest BCUT2D eigenvalue weighted by molar-refractivity contribution is -0.120. The number of thioether (sulfide) groups is 1. The van der Waals surface area contributed by atoms with Crippen LogP contribution in [0.4, 0.5) is 5.69 Å². The maximum atomic E-state index is 13.0. The summed E-state index contributed by atoms with van der Waals surface area (Å²) >= 11 is 13.5. The fourth-order valence-corrected chi connectivity index (χ4v) is 3.83. The first-order chi connectivity index (χ1) is 13.9. The number of anilines is 1. The number of carbonyl (C=O) groups is 3. The number of nitrogens with one attached hydrogen (secondary N) is 1. The summed E-state index contributed by atoms with van der Waals surface area (Å²) in [6.07, 6.45) is 2.20. The Labute approximate surface area is 182 Å². The number of rotatable bonds is 7. The Morgan fingerprint density at radius 1 is 1.10 bits per heavy atom. The summed E-state index contributed by atoms with van der Waals surface area (Å²) in [6.45, 7) is 0. The summed E-state index contributed by atoms with van der Waals surface area (Å²) in [6, 6.07) is 8.55. The highest BCUT2D eigenvalue weighted by atomic mass is 35.5. The van der Waals surface area contributed by atoms with Gasteiger partial charge < -0.3 is 10.1 Å². The Morgan fingerprint density at radius 2 is 1.66 bits per heavy atom. The zero-order valence-corrected chi connectivity index (χ0v) is 18.0. The van der Waals surface area contributed by atoms with E-state index in [-0.39, 0.29) is 21.2 Å². The molecule has 9 heteroatoms. The molecule has 6 nitrogen and oxygen atoms in total. The van der Waals surface area contributed by atoms with E-state index in [0.717, 1.165) is 4.90 Å². The van der Waals surface area contributed by atoms with Crippen LogP contribution < -0.4 is 10.1 Å². The maximum absolute atomic E-state index is 13.0. The molecular weight excluding hydrogens is 435 g/mol. The average molecular weight is 453 g/mol. The molecule has 29 heavy (non-hydrogen) atoms. The third kappa shape index (κ3) is 4.37. The monoisotopic (exact) mass is 452 g/mol. The van der Waals surface area contributed by atoms with Crippen molar-refractivity contribution in [2.75, 3.05) is 24.4 Å². The smallest absolute Gasteiger partial charge is 0.262 e. The number of nitrogens with zero attached hydrogens (tertiary/aromatic N) is 1. The van der Waals surface area contributed by atoms with Gasteiger partial charge in [0, 0.05) is 5.69 Å². The molecule has 3 rings (SSSR count). The molecule has 0 aromatic heterocycles. The molecule has 1 aliphatic rings. The van der Waals surface area contributed by atoms with Gasteiger partial charge in [0.1, 0.15) is 11.8 Å². The first-order valence-electron chi connectivity index (χ1n) is 8.68. The lowest BCUT2D eigenvalue weighted by Gasteiger charge is -2.25. The molecule has 0 bridgehead atoms. The van der Waals surface area contributed by atoms with Gasteiger partial charge in [0.15, 0.2) is 0 Å². The zero-order chi connectivity index (χ0) is 21.1. The lowest BCUT2D eigenvalue weighted by atomic mass is 10.1. The molecule has 1 unspecified atom stereocenters. The van der Waals surface area contributed by atoms with E-state index < -0.39 is 23.8 Å². The molecular formula is C20H18Cl2N2O4S. The van der Waals surface area contributed by atoms with Gasteiger partial charge in [-0.15, -0.1) is 0 Å². The van der Waals surface area contributed by atoms with Crippen LogP contribution in [0.5, 0.6) is 5.75 Å². The van der Waals surface area contributed by atoms with Crippen LogP contribution in [0.1, 0.15) is 27.1 Å². The van der Waals surface area contributed by atoms with Crippen molar-refractivity contribution in [2.45, 2.75) is 12.5 Å². The van der Waals surface area contributed by atoms with Crippen LogP contribution in [0.2, 0.25) is 10.0 Å². The largest absolute Gasteiger partial charge is 0.497 e. The van der Waals surface area contributed by atoms with Crippen molar-refractivity contribution in [3.63, 3.8) is 0 Å². The molecule has 0 radical (unpaired) electrons. The minimum atomic E-state index is -0.963. The van der Waals surface area contributed by atoms with Crippen molar-refractivity contribution in [1.29, 1.82) is 0 Å². The number of amides is 3. The quantitative estimate of drug-likeness (QED) is 0.631. The highest BCUT2D eigenvalue weighted by Gasteiger charge is 2.43. The maximum Gasteiger partial charge on any atom is 0.262 e. The summed E-state index contributed by atoms with van der Waals surface area (Å²) in [5.41, 5.74) is 0.833. The van der Waals surface area contributed by atoms with Crippen molar-refractivity contribution < 1.29 is 19.1 Å². The van der Waals surface area contributed by atoms with E-state index in [0.29, 0.717) is 23.6 Å². The van der Waals surface area contributed by atoms with Gasteiger partial charge >= 0.3 is 0 Å². The van der Waals surface area contributed by atoms with Crippen LogP contribution in [0.25, 0.3) is 0 Å². The third-order valence-corrected chi connectivity index (χ3v) is 5.89. The topological polar surface area (TPSA) is 75.7 Å². The number of hydrogen-bond acceptors (Lipinski definition) is 5. The van der Waals surface area contributed by atoms with Crippen molar-refractivity contribution in [3.05, 3.63) is 57.6 Å². The van der Waals surface area contributed by atoms with Gasteiger partial charge in [-0.3, -0.25) is 19.3 Å². The zero-order valence-electron chi connectivity index (χ0n) is 15.7. The van der Waals surface area contributed by atoms with E-state index >= 15 is 0 Å². The Balaban J connectivity index is 1.88. The highest BCUT2D eigenvalue weighted by molar-refractivity contribution is 7.98. The van der Waals surface area contributed by atoms with Crippen LogP contribution in [0, 0.1) is 0 Å². The number of hydrogen-bond donors (Lipinski definition) is 1. The summed E-state index contributed by atoms with van der Waals surface area (Å²) in [5.74, 6) is -0.318. The minimum absolute atomic E-state index is 0.149. The van der Waals surface area contributed by atoms with Crippen molar-refractivity contribution in [2.24, 2.45) is 0 Å². The van der Waals surface area contributed by atoms with Gasteiger partial charge in [-0.1, -0.05) is 23.2 Å². The Bertz CT molecular complexity index is 925. The van der Waals surface area contributed by atoms with Crippen molar-refractivity contribution >= 4 is 58.4 Å². The summed E-state index contributed by atoms with van der Waals surface area (Å²) in [5, 5.41) is 3.12. The molecule has 1 heterocycles. The predicted molar refractivity (Wildman–Crippen MR) is 115 cm³/mol. The number of imide groups is 1.